The molecule has 0 aliphatic heterocycles. The third-order valence-electron chi connectivity index (χ3n) is 9.25. The Balaban J connectivity index is 1.25. The number of anilines is 3. The van der Waals surface area contributed by atoms with E-state index in [0.717, 1.165) is 17.1 Å². The molecule has 0 fully saturated rings. The molecule has 0 aromatic heterocycles. The maximum absolute atomic E-state index is 2.38. The molecule has 44 heavy (non-hydrogen) atoms. The van der Waals surface area contributed by atoms with E-state index < -0.39 is 0 Å². The zero-order chi connectivity index (χ0) is 29.7. The fourth-order valence-corrected chi connectivity index (χ4v) is 7.00. The predicted molar refractivity (Wildman–Crippen MR) is 187 cm³/mol. The summed E-state index contributed by atoms with van der Waals surface area (Å²) in [6, 6.07) is 59.6. The van der Waals surface area contributed by atoms with Gasteiger partial charge in [0.25, 0.3) is 0 Å². The van der Waals surface area contributed by atoms with Crippen molar-refractivity contribution in [3.05, 3.63) is 175 Å². The smallest absolute Gasteiger partial charge is 0.0468 e. The van der Waals surface area contributed by atoms with Crippen LogP contribution < -0.4 is 4.90 Å². The van der Waals surface area contributed by atoms with Crippen LogP contribution in [0.2, 0.25) is 0 Å². The first-order valence-electron chi connectivity index (χ1n) is 15.4. The van der Waals surface area contributed by atoms with Gasteiger partial charge in [-0.1, -0.05) is 129 Å². The van der Waals surface area contributed by atoms with E-state index in [4.69, 9.17) is 0 Å². The van der Waals surface area contributed by atoms with Gasteiger partial charge in [-0.25, -0.2) is 0 Å². The molecule has 0 atom stereocenters. The molecule has 0 heterocycles. The van der Waals surface area contributed by atoms with Crippen LogP contribution in [0.1, 0.15) is 25.0 Å². The summed E-state index contributed by atoms with van der Waals surface area (Å²) in [6.45, 7) is 4.67. The predicted octanol–water partition coefficient (Wildman–Crippen LogP) is 11.9. The van der Waals surface area contributed by atoms with Crippen LogP contribution in [0.15, 0.2) is 164 Å². The molecule has 0 unspecified atom stereocenters. The monoisotopic (exact) mass is 563 g/mol. The van der Waals surface area contributed by atoms with Crippen LogP contribution in [-0.4, -0.2) is 0 Å². The molecule has 0 bridgehead atoms. The molecule has 0 spiro atoms. The third kappa shape index (κ3) is 4.32. The lowest BCUT2D eigenvalue weighted by molar-refractivity contribution is 0.660. The zero-order valence-corrected chi connectivity index (χ0v) is 25.0. The molecular weight excluding hydrogens is 530 g/mol. The maximum atomic E-state index is 2.38. The van der Waals surface area contributed by atoms with Crippen molar-refractivity contribution in [2.75, 3.05) is 4.90 Å². The molecule has 1 heteroatoms. The summed E-state index contributed by atoms with van der Waals surface area (Å²) >= 11 is 0. The standard InChI is InChI=1S/C43H33N/c1-43(2)41-20-12-11-19-37(41)40-29-36(25-26-42(40)43)44(34-17-7-4-8-18-34)35-23-21-31(22-24-35)39-28-33-16-10-9-15-32(33)27-38(39)30-13-5-3-6-14-30/h3-29H,1-2H3. The minimum atomic E-state index is -0.0139. The number of fused-ring (bicyclic) bond motifs is 4. The van der Waals surface area contributed by atoms with E-state index in [0.29, 0.717) is 0 Å². The molecule has 7 aromatic carbocycles. The average molecular weight is 564 g/mol. The lowest BCUT2D eigenvalue weighted by atomic mass is 9.82. The quantitative estimate of drug-likeness (QED) is 0.201. The maximum Gasteiger partial charge on any atom is 0.0468 e. The van der Waals surface area contributed by atoms with Crippen molar-refractivity contribution < 1.29 is 0 Å². The number of benzene rings is 7. The van der Waals surface area contributed by atoms with E-state index in [1.54, 1.807) is 0 Å². The summed E-state index contributed by atoms with van der Waals surface area (Å²) in [5.74, 6) is 0. The van der Waals surface area contributed by atoms with Crippen molar-refractivity contribution in [1.29, 1.82) is 0 Å². The van der Waals surface area contributed by atoms with Gasteiger partial charge in [0.2, 0.25) is 0 Å². The van der Waals surface area contributed by atoms with E-state index in [9.17, 15) is 0 Å². The second-order valence-electron chi connectivity index (χ2n) is 12.2. The molecule has 1 aliphatic rings. The highest BCUT2D eigenvalue weighted by Crippen LogP contribution is 2.50. The zero-order valence-electron chi connectivity index (χ0n) is 25.0. The minimum absolute atomic E-state index is 0.0139. The second kappa shape index (κ2) is 10.4. The number of hydrogen-bond donors (Lipinski definition) is 0. The summed E-state index contributed by atoms with van der Waals surface area (Å²) < 4.78 is 0. The molecule has 7 aromatic rings. The number of para-hydroxylation sites is 1. The first-order valence-corrected chi connectivity index (χ1v) is 15.4. The fraction of sp³-hybridized carbons (Fsp3) is 0.0698. The Morgan fingerprint density at radius 1 is 0.364 bits per heavy atom. The van der Waals surface area contributed by atoms with Gasteiger partial charge in [-0.05, 0) is 104 Å². The Morgan fingerprint density at radius 3 is 1.55 bits per heavy atom. The number of rotatable bonds is 5. The summed E-state index contributed by atoms with van der Waals surface area (Å²) in [6.07, 6.45) is 0. The molecule has 0 amide bonds. The van der Waals surface area contributed by atoms with Crippen LogP contribution >= 0.6 is 0 Å². The molecule has 1 aliphatic carbocycles. The van der Waals surface area contributed by atoms with Crippen LogP contribution in [0, 0.1) is 0 Å². The highest BCUT2D eigenvalue weighted by Gasteiger charge is 2.35. The largest absolute Gasteiger partial charge is 0.310 e. The highest BCUT2D eigenvalue weighted by atomic mass is 15.1. The van der Waals surface area contributed by atoms with E-state index in [1.165, 1.54) is 55.3 Å². The van der Waals surface area contributed by atoms with E-state index in [1.807, 2.05) is 0 Å². The van der Waals surface area contributed by atoms with E-state index in [-0.39, 0.29) is 5.41 Å². The Kier molecular flexibility index (Phi) is 6.20. The van der Waals surface area contributed by atoms with E-state index in [2.05, 4.69) is 183 Å². The Morgan fingerprint density at radius 2 is 0.864 bits per heavy atom. The third-order valence-corrected chi connectivity index (χ3v) is 9.25. The molecule has 0 saturated carbocycles. The van der Waals surface area contributed by atoms with Gasteiger partial charge in [0.1, 0.15) is 0 Å². The molecule has 0 radical (unpaired) electrons. The topological polar surface area (TPSA) is 3.24 Å². The van der Waals surface area contributed by atoms with Gasteiger partial charge >= 0.3 is 0 Å². The Bertz CT molecular complexity index is 2120. The lowest BCUT2D eigenvalue weighted by Gasteiger charge is -2.27. The molecular formula is C43H33N. The lowest BCUT2D eigenvalue weighted by Crippen LogP contribution is -2.15. The van der Waals surface area contributed by atoms with Gasteiger partial charge in [-0.15, -0.1) is 0 Å². The average Bonchev–Trinajstić information content (AvgIpc) is 3.31. The van der Waals surface area contributed by atoms with Crippen molar-refractivity contribution in [1.82, 2.24) is 0 Å². The molecule has 0 saturated heterocycles. The summed E-state index contributed by atoms with van der Waals surface area (Å²) in [5.41, 5.74) is 13.8. The van der Waals surface area contributed by atoms with Crippen molar-refractivity contribution in [2.45, 2.75) is 19.3 Å². The number of nitrogens with zero attached hydrogens (tertiary/aromatic N) is 1. The summed E-state index contributed by atoms with van der Waals surface area (Å²) in [4.78, 5) is 2.37. The van der Waals surface area contributed by atoms with Crippen molar-refractivity contribution in [3.8, 4) is 33.4 Å². The van der Waals surface area contributed by atoms with Crippen LogP contribution in [0.25, 0.3) is 44.2 Å². The summed E-state index contributed by atoms with van der Waals surface area (Å²) in [7, 11) is 0. The number of hydrogen-bond acceptors (Lipinski definition) is 1. The van der Waals surface area contributed by atoms with Crippen molar-refractivity contribution >= 4 is 27.8 Å². The van der Waals surface area contributed by atoms with Gasteiger partial charge in [0, 0.05) is 22.5 Å². The molecule has 0 N–H and O–H groups in total. The van der Waals surface area contributed by atoms with Crippen molar-refractivity contribution in [2.24, 2.45) is 0 Å². The molecule has 210 valence electrons. The van der Waals surface area contributed by atoms with E-state index >= 15 is 0 Å². The van der Waals surface area contributed by atoms with Gasteiger partial charge in [0.15, 0.2) is 0 Å². The first-order chi connectivity index (χ1) is 21.6. The SMILES string of the molecule is CC1(C)c2ccccc2-c2cc(N(c3ccccc3)c3ccc(-c4cc5ccccc5cc4-c4ccccc4)cc3)ccc21. The van der Waals surface area contributed by atoms with Crippen LogP contribution in [0.4, 0.5) is 17.1 Å². The van der Waals surface area contributed by atoms with Crippen LogP contribution in [0.3, 0.4) is 0 Å². The molecule has 8 rings (SSSR count). The van der Waals surface area contributed by atoms with Crippen LogP contribution in [0.5, 0.6) is 0 Å². The molecule has 1 nitrogen and oxygen atoms in total. The highest BCUT2D eigenvalue weighted by molar-refractivity contribution is 5.97. The minimum Gasteiger partial charge on any atom is -0.310 e. The fourth-order valence-electron chi connectivity index (χ4n) is 7.00. The van der Waals surface area contributed by atoms with Crippen molar-refractivity contribution in [3.63, 3.8) is 0 Å². The van der Waals surface area contributed by atoms with Gasteiger partial charge in [0.05, 0.1) is 0 Å². The second-order valence-corrected chi connectivity index (χ2v) is 12.2. The normalized spacial score (nSPS) is 13.0. The van der Waals surface area contributed by atoms with Gasteiger partial charge < -0.3 is 4.90 Å². The van der Waals surface area contributed by atoms with Gasteiger partial charge in [-0.3, -0.25) is 0 Å². The summed E-state index contributed by atoms with van der Waals surface area (Å²) in [5, 5.41) is 2.50. The van der Waals surface area contributed by atoms with Crippen LogP contribution in [-0.2, 0) is 5.41 Å². The Hall–Kier alpha value is -5.40. The Labute approximate surface area is 259 Å². The first kappa shape index (κ1) is 26.2. The van der Waals surface area contributed by atoms with Gasteiger partial charge in [-0.2, -0.15) is 0 Å².